The maximum Gasteiger partial charge on any atom is 0.328 e. The molecule has 1 heterocycles. The number of amides is 1. The van der Waals surface area contributed by atoms with Crippen LogP contribution in [0.15, 0.2) is 42.6 Å². The van der Waals surface area contributed by atoms with Crippen molar-refractivity contribution >= 4 is 28.7 Å². The standard InChI is InChI=1S/C15H14N2O5/c18-13(5-6-14(19)20)17-12(15(21)22)7-9-8-16-11-4-2-1-3-10(9)11/h1-6,8,12,16H,7H2,(H,17,18)(H,19,20)(H,21,22)/b6-5+. The van der Waals surface area contributed by atoms with Gasteiger partial charge in [-0.05, 0) is 11.6 Å². The maximum absolute atomic E-state index is 11.5. The number of nitrogens with one attached hydrogen (secondary N) is 2. The summed E-state index contributed by atoms with van der Waals surface area (Å²) >= 11 is 0. The summed E-state index contributed by atoms with van der Waals surface area (Å²) in [6.45, 7) is 0. The Bertz CT molecular complexity index is 747. The molecule has 7 nitrogen and oxygen atoms in total. The third-order valence-electron chi connectivity index (χ3n) is 3.09. The van der Waals surface area contributed by atoms with E-state index < -0.39 is 23.9 Å². The van der Waals surface area contributed by atoms with Gasteiger partial charge in [-0.15, -0.1) is 0 Å². The highest BCUT2D eigenvalue weighted by molar-refractivity contribution is 5.96. The van der Waals surface area contributed by atoms with Crippen LogP contribution in [0.1, 0.15) is 5.56 Å². The molecule has 0 radical (unpaired) electrons. The quantitative estimate of drug-likeness (QED) is 0.591. The Labute approximate surface area is 125 Å². The second-order valence-electron chi connectivity index (χ2n) is 4.63. The zero-order valence-electron chi connectivity index (χ0n) is 11.4. The van der Waals surface area contributed by atoms with Gasteiger partial charge in [-0.2, -0.15) is 0 Å². The molecule has 0 bridgehead atoms. The molecule has 22 heavy (non-hydrogen) atoms. The summed E-state index contributed by atoms with van der Waals surface area (Å²) in [6.07, 6.45) is 3.22. The highest BCUT2D eigenvalue weighted by Crippen LogP contribution is 2.19. The van der Waals surface area contributed by atoms with Crippen LogP contribution >= 0.6 is 0 Å². The van der Waals surface area contributed by atoms with E-state index in [-0.39, 0.29) is 6.42 Å². The number of aliphatic carboxylic acids is 2. The molecule has 114 valence electrons. The van der Waals surface area contributed by atoms with Crippen molar-refractivity contribution in [2.24, 2.45) is 0 Å². The Morgan fingerprint density at radius 3 is 2.59 bits per heavy atom. The molecular formula is C15H14N2O5. The number of para-hydroxylation sites is 1. The Morgan fingerprint density at radius 2 is 1.91 bits per heavy atom. The number of hydrogen-bond acceptors (Lipinski definition) is 3. The van der Waals surface area contributed by atoms with Gasteiger partial charge in [0.15, 0.2) is 0 Å². The van der Waals surface area contributed by atoms with Gasteiger partial charge in [0.2, 0.25) is 5.91 Å². The van der Waals surface area contributed by atoms with Crippen LogP contribution in [0, 0.1) is 0 Å². The lowest BCUT2D eigenvalue weighted by Gasteiger charge is -2.12. The number of aromatic amines is 1. The fraction of sp³-hybridized carbons (Fsp3) is 0.133. The van der Waals surface area contributed by atoms with Crippen LogP contribution in [-0.2, 0) is 20.8 Å². The number of carbonyl (C=O) groups excluding carboxylic acids is 1. The molecule has 1 aromatic heterocycles. The molecule has 4 N–H and O–H groups in total. The van der Waals surface area contributed by atoms with Crippen molar-refractivity contribution in [3.63, 3.8) is 0 Å². The molecule has 0 fully saturated rings. The molecule has 1 atom stereocenters. The fourth-order valence-corrected chi connectivity index (χ4v) is 2.09. The van der Waals surface area contributed by atoms with E-state index in [2.05, 4.69) is 10.3 Å². The fourth-order valence-electron chi connectivity index (χ4n) is 2.09. The van der Waals surface area contributed by atoms with E-state index in [0.29, 0.717) is 6.08 Å². The molecule has 2 aromatic rings. The van der Waals surface area contributed by atoms with E-state index in [4.69, 9.17) is 5.11 Å². The zero-order valence-corrected chi connectivity index (χ0v) is 11.4. The highest BCUT2D eigenvalue weighted by Gasteiger charge is 2.21. The summed E-state index contributed by atoms with van der Waals surface area (Å²) in [5.41, 5.74) is 1.63. The van der Waals surface area contributed by atoms with E-state index >= 15 is 0 Å². The summed E-state index contributed by atoms with van der Waals surface area (Å²) in [7, 11) is 0. The monoisotopic (exact) mass is 302 g/mol. The third kappa shape index (κ3) is 3.72. The molecule has 1 amide bonds. The lowest BCUT2D eigenvalue weighted by atomic mass is 10.0. The first kappa shape index (κ1) is 15.3. The maximum atomic E-state index is 11.5. The molecule has 0 saturated carbocycles. The van der Waals surface area contributed by atoms with Crippen molar-refractivity contribution in [1.82, 2.24) is 10.3 Å². The van der Waals surface area contributed by atoms with Crippen molar-refractivity contribution in [3.05, 3.63) is 48.2 Å². The van der Waals surface area contributed by atoms with Crippen LogP contribution in [0.25, 0.3) is 10.9 Å². The minimum atomic E-state index is -1.28. The second-order valence-corrected chi connectivity index (χ2v) is 4.63. The van der Waals surface area contributed by atoms with Gasteiger partial charge in [0, 0.05) is 35.7 Å². The molecule has 0 aliphatic rings. The Hall–Kier alpha value is -3.09. The minimum Gasteiger partial charge on any atom is -0.480 e. The second kappa shape index (κ2) is 6.57. The van der Waals surface area contributed by atoms with Crippen LogP contribution in [0.4, 0.5) is 0 Å². The van der Waals surface area contributed by atoms with Gasteiger partial charge in [0.25, 0.3) is 0 Å². The number of carboxylic acid groups (broad SMARTS) is 2. The SMILES string of the molecule is O=C(O)/C=C/C(=O)NC(Cc1c[nH]c2ccccc12)C(=O)O. The molecule has 2 rings (SSSR count). The molecule has 0 saturated heterocycles. The van der Waals surface area contributed by atoms with Crippen LogP contribution in [0.3, 0.4) is 0 Å². The van der Waals surface area contributed by atoms with E-state index in [1.165, 1.54) is 0 Å². The van der Waals surface area contributed by atoms with Gasteiger partial charge >= 0.3 is 11.9 Å². The third-order valence-corrected chi connectivity index (χ3v) is 3.09. The number of benzene rings is 1. The van der Waals surface area contributed by atoms with Crippen LogP contribution in [0.2, 0.25) is 0 Å². The van der Waals surface area contributed by atoms with E-state index in [1.54, 1.807) is 6.20 Å². The average molecular weight is 302 g/mol. The average Bonchev–Trinajstić information content (AvgIpc) is 2.87. The molecule has 0 aliphatic carbocycles. The predicted octanol–water partition coefficient (Wildman–Crippen LogP) is 0.921. The summed E-state index contributed by atoms with van der Waals surface area (Å²) < 4.78 is 0. The summed E-state index contributed by atoms with van der Waals surface area (Å²) in [4.78, 5) is 36.2. The molecule has 7 heteroatoms. The van der Waals surface area contributed by atoms with Crippen molar-refractivity contribution < 1.29 is 24.6 Å². The number of carbonyl (C=O) groups is 3. The van der Waals surface area contributed by atoms with Gasteiger partial charge in [0.1, 0.15) is 6.04 Å². The Balaban J connectivity index is 2.14. The smallest absolute Gasteiger partial charge is 0.328 e. The molecule has 1 unspecified atom stereocenters. The number of carboxylic acids is 2. The summed E-state index contributed by atoms with van der Waals surface area (Å²) in [5, 5.41) is 20.8. The van der Waals surface area contributed by atoms with Crippen molar-refractivity contribution in [1.29, 1.82) is 0 Å². The number of fused-ring (bicyclic) bond motifs is 1. The first-order chi connectivity index (χ1) is 10.5. The Morgan fingerprint density at radius 1 is 1.18 bits per heavy atom. The van der Waals surface area contributed by atoms with E-state index in [0.717, 1.165) is 22.5 Å². The van der Waals surface area contributed by atoms with Crippen LogP contribution in [-0.4, -0.2) is 39.1 Å². The predicted molar refractivity (Wildman–Crippen MR) is 78.3 cm³/mol. The van der Waals surface area contributed by atoms with Gasteiger partial charge in [-0.25, -0.2) is 9.59 Å². The largest absolute Gasteiger partial charge is 0.480 e. The summed E-state index contributed by atoms with van der Waals surface area (Å²) in [5.74, 6) is -3.24. The molecule has 1 aromatic carbocycles. The van der Waals surface area contributed by atoms with Crippen molar-refractivity contribution in [3.8, 4) is 0 Å². The first-order valence-corrected chi connectivity index (χ1v) is 6.46. The molecule has 0 spiro atoms. The van der Waals surface area contributed by atoms with Gasteiger partial charge in [-0.3, -0.25) is 4.79 Å². The van der Waals surface area contributed by atoms with Gasteiger partial charge < -0.3 is 20.5 Å². The van der Waals surface area contributed by atoms with Gasteiger partial charge in [-0.1, -0.05) is 18.2 Å². The topological polar surface area (TPSA) is 119 Å². The lowest BCUT2D eigenvalue weighted by Crippen LogP contribution is -2.41. The van der Waals surface area contributed by atoms with Crippen molar-refractivity contribution in [2.45, 2.75) is 12.5 Å². The molecular weight excluding hydrogens is 288 g/mol. The lowest BCUT2D eigenvalue weighted by molar-refractivity contribution is -0.141. The van der Waals surface area contributed by atoms with E-state index in [1.807, 2.05) is 24.3 Å². The van der Waals surface area contributed by atoms with Gasteiger partial charge in [0.05, 0.1) is 0 Å². The summed E-state index contributed by atoms with van der Waals surface area (Å²) in [6, 6.07) is 6.26. The van der Waals surface area contributed by atoms with Crippen molar-refractivity contribution in [2.75, 3.05) is 0 Å². The number of H-pyrrole nitrogens is 1. The highest BCUT2D eigenvalue weighted by atomic mass is 16.4. The normalized spacial score (nSPS) is 12.4. The number of aromatic nitrogens is 1. The first-order valence-electron chi connectivity index (χ1n) is 6.46. The molecule has 0 aliphatic heterocycles. The van der Waals surface area contributed by atoms with Crippen LogP contribution in [0.5, 0.6) is 0 Å². The number of hydrogen-bond donors (Lipinski definition) is 4. The van der Waals surface area contributed by atoms with E-state index in [9.17, 15) is 19.5 Å². The number of rotatable bonds is 6. The van der Waals surface area contributed by atoms with Crippen LogP contribution < -0.4 is 5.32 Å². The zero-order chi connectivity index (χ0) is 16.1. The minimum absolute atomic E-state index is 0.0893. The Kier molecular flexibility index (Phi) is 4.57.